The molecule has 0 aliphatic carbocycles. The van der Waals surface area contributed by atoms with Gasteiger partial charge in [-0.3, -0.25) is 4.79 Å². The SMILES string of the molecule is O=C1Nc2ccccc2C(c2ccc(Br)cc2)=NC1Nc1c(F)c(F)nc(F)c1F. The monoisotopic (exact) mass is 478 g/mol. The molecule has 152 valence electrons. The Kier molecular flexibility index (Phi) is 5.25. The molecule has 10 heteroatoms. The van der Waals surface area contributed by atoms with Crippen LogP contribution in [0.25, 0.3) is 0 Å². The molecule has 0 spiro atoms. The van der Waals surface area contributed by atoms with Crippen molar-refractivity contribution in [3.8, 4) is 0 Å². The number of benzene rings is 2. The maximum atomic E-state index is 14.1. The number of amides is 1. The summed E-state index contributed by atoms with van der Waals surface area (Å²) in [6.07, 6.45) is -1.58. The predicted octanol–water partition coefficient (Wildman–Crippen LogP) is 4.63. The van der Waals surface area contributed by atoms with Crippen LogP contribution in [0, 0.1) is 23.5 Å². The molecule has 0 bridgehead atoms. The number of aliphatic imine (C=N–C) groups is 1. The summed E-state index contributed by atoms with van der Waals surface area (Å²) in [5.74, 6) is -7.98. The molecule has 0 saturated carbocycles. The number of hydrogen-bond donors (Lipinski definition) is 2. The van der Waals surface area contributed by atoms with Crippen LogP contribution in [0.4, 0.5) is 28.9 Å². The van der Waals surface area contributed by atoms with Crippen molar-refractivity contribution in [1.29, 1.82) is 0 Å². The smallest absolute Gasteiger partial charge is 0.269 e. The standard InChI is InChI=1S/C20H11BrF4N4O/c21-10-7-5-9(6-8-10)15-11-3-1-2-4-12(11)26-20(30)19(27-15)28-16-13(22)17(24)29-18(25)14(16)23/h1-8,19H,(H,26,30)(H,28,29). The second-order valence-corrected chi connectivity index (χ2v) is 7.18. The lowest BCUT2D eigenvalue weighted by Gasteiger charge is -2.16. The molecule has 0 radical (unpaired) electrons. The Morgan fingerprint density at radius 3 is 2.23 bits per heavy atom. The highest BCUT2D eigenvalue weighted by molar-refractivity contribution is 9.10. The number of pyridine rings is 1. The van der Waals surface area contributed by atoms with Crippen LogP contribution in [0.15, 0.2) is 58.0 Å². The van der Waals surface area contributed by atoms with Crippen molar-refractivity contribution in [2.24, 2.45) is 4.99 Å². The number of halogens is 5. The van der Waals surface area contributed by atoms with Gasteiger partial charge in [0.05, 0.1) is 11.4 Å². The van der Waals surface area contributed by atoms with Gasteiger partial charge in [0.15, 0.2) is 6.17 Å². The molecule has 2 N–H and O–H groups in total. The lowest BCUT2D eigenvalue weighted by atomic mass is 10.0. The topological polar surface area (TPSA) is 66.4 Å². The summed E-state index contributed by atoms with van der Waals surface area (Å²) in [5, 5.41) is 4.75. The fraction of sp³-hybridized carbons (Fsp3) is 0.0500. The molecule has 1 atom stereocenters. The zero-order valence-electron chi connectivity index (χ0n) is 14.9. The summed E-state index contributed by atoms with van der Waals surface area (Å²) in [5.41, 5.74) is 0.753. The Balaban J connectivity index is 1.84. The van der Waals surface area contributed by atoms with Gasteiger partial charge in [0.25, 0.3) is 17.8 Å². The number of anilines is 2. The van der Waals surface area contributed by atoms with Crippen LogP contribution < -0.4 is 10.6 Å². The van der Waals surface area contributed by atoms with Crippen molar-refractivity contribution in [3.05, 3.63) is 87.7 Å². The lowest BCUT2D eigenvalue weighted by Crippen LogP contribution is -2.33. The number of rotatable bonds is 3. The molecule has 30 heavy (non-hydrogen) atoms. The van der Waals surface area contributed by atoms with E-state index in [1.165, 1.54) is 0 Å². The van der Waals surface area contributed by atoms with E-state index in [1.54, 1.807) is 48.5 Å². The van der Waals surface area contributed by atoms with Gasteiger partial charge in [-0.2, -0.15) is 22.5 Å². The first kappa shape index (κ1) is 20.0. The molecular formula is C20H11BrF4N4O. The zero-order chi connectivity index (χ0) is 21.4. The van der Waals surface area contributed by atoms with Crippen LogP contribution in [-0.4, -0.2) is 22.8 Å². The number of carbonyl (C=O) groups excluding carboxylic acids is 1. The van der Waals surface area contributed by atoms with E-state index in [2.05, 4.69) is 36.5 Å². The minimum atomic E-state index is -1.84. The van der Waals surface area contributed by atoms with Crippen molar-refractivity contribution >= 4 is 38.9 Å². The van der Waals surface area contributed by atoms with Crippen LogP contribution in [-0.2, 0) is 4.79 Å². The van der Waals surface area contributed by atoms with Gasteiger partial charge < -0.3 is 10.6 Å². The third kappa shape index (κ3) is 3.65. The van der Waals surface area contributed by atoms with Crippen LogP contribution in [0.2, 0.25) is 0 Å². The van der Waals surface area contributed by atoms with Gasteiger partial charge in [-0.25, -0.2) is 4.99 Å². The summed E-state index contributed by atoms with van der Waals surface area (Å²) >= 11 is 3.33. The molecule has 2 aromatic carbocycles. The van der Waals surface area contributed by atoms with E-state index in [-0.39, 0.29) is 0 Å². The molecule has 1 aliphatic rings. The van der Waals surface area contributed by atoms with Crippen LogP contribution >= 0.6 is 15.9 Å². The van der Waals surface area contributed by atoms with Crippen LogP contribution in [0.5, 0.6) is 0 Å². The highest BCUT2D eigenvalue weighted by Gasteiger charge is 2.29. The first-order chi connectivity index (χ1) is 14.3. The van der Waals surface area contributed by atoms with E-state index in [1.807, 2.05) is 0 Å². The Hall–Kier alpha value is -3.27. The molecule has 0 saturated heterocycles. The average molecular weight is 479 g/mol. The summed E-state index contributed by atoms with van der Waals surface area (Å²) in [7, 11) is 0. The van der Waals surface area contributed by atoms with Gasteiger partial charge in [0, 0.05) is 15.6 Å². The average Bonchev–Trinajstić information content (AvgIpc) is 2.86. The molecule has 4 rings (SSSR count). The first-order valence-corrected chi connectivity index (χ1v) is 9.35. The zero-order valence-corrected chi connectivity index (χ0v) is 16.5. The Bertz CT molecular complexity index is 1160. The summed E-state index contributed by atoms with van der Waals surface area (Å²) in [6.45, 7) is 0. The van der Waals surface area contributed by atoms with Crippen LogP contribution in [0.3, 0.4) is 0 Å². The van der Waals surface area contributed by atoms with Crippen molar-refractivity contribution in [2.75, 3.05) is 10.6 Å². The van der Waals surface area contributed by atoms with Crippen LogP contribution in [0.1, 0.15) is 11.1 Å². The van der Waals surface area contributed by atoms with Crippen molar-refractivity contribution in [3.63, 3.8) is 0 Å². The van der Waals surface area contributed by atoms with Gasteiger partial charge in [-0.05, 0) is 18.2 Å². The number of nitrogens with one attached hydrogen (secondary N) is 2. The quantitative estimate of drug-likeness (QED) is 0.426. The molecule has 3 aromatic rings. The second-order valence-electron chi connectivity index (χ2n) is 6.26. The largest absolute Gasteiger partial charge is 0.351 e. The van der Waals surface area contributed by atoms with E-state index in [0.717, 1.165) is 4.47 Å². The number of hydrogen-bond acceptors (Lipinski definition) is 4. The minimum absolute atomic E-state index is 0.338. The Morgan fingerprint density at radius 2 is 1.57 bits per heavy atom. The predicted molar refractivity (Wildman–Crippen MR) is 106 cm³/mol. The molecular weight excluding hydrogens is 468 g/mol. The first-order valence-electron chi connectivity index (χ1n) is 8.55. The number of carbonyl (C=O) groups is 1. The van der Waals surface area contributed by atoms with Gasteiger partial charge in [0.2, 0.25) is 11.6 Å². The van der Waals surface area contributed by atoms with Gasteiger partial charge in [-0.1, -0.05) is 46.3 Å². The Morgan fingerprint density at radius 1 is 0.933 bits per heavy atom. The van der Waals surface area contributed by atoms with E-state index in [9.17, 15) is 22.4 Å². The van der Waals surface area contributed by atoms with Gasteiger partial charge in [-0.15, -0.1) is 0 Å². The highest BCUT2D eigenvalue weighted by Crippen LogP contribution is 2.27. The number of nitrogens with zero attached hydrogens (tertiary/aromatic N) is 2. The fourth-order valence-corrected chi connectivity index (χ4v) is 3.21. The number of benzodiazepines with no additional fused rings is 1. The second kappa shape index (κ2) is 7.86. The molecule has 0 fully saturated rings. The molecule has 1 aliphatic heterocycles. The number of para-hydroxylation sites is 1. The maximum Gasteiger partial charge on any atom is 0.269 e. The highest BCUT2D eigenvalue weighted by atomic mass is 79.9. The van der Waals surface area contributed by atoms with Gasteiger partial charge >= 0.3 is 0 Å². The van der Waals surface area contributed by atoms with E-state index >= 15 is 0 Å². The number of aromatic nitrogens is 1. The fourth-order valence-electron chi connectivity index (χ4n) is 2.94. The van der Waals surface area contributed by atoms with Gasteiger partial charge in [0.1, 0.15) is 5.69 Å². The maximum absolute atomic E-state index is 14.1. The van der Waals surface area contributed by atoms with E-state index in [0.29, 0.717) is 22.5 Å². The van der Waals surface area contributed by atoms with Crippen molar-refractivity contribution in [1.82, 2.24) is 4.98 Å². The molecule has 2 heterocycles. The number of fused-ring (bicyclic) bond motifs is 1. The molecule has 5 nitrogen and oxygen atoms in total. The Labute approximate surface area is 176 Å². The summed E-state index contributed by atoms with van der Waals surface area (Å²) in [6, 6.07) is 13.8. The lowest BCUT2D eigenvalue weighted by molar-refractivity contribution is -0.116. The van der Waals surface area contributed by atoms with E-state index < -0.39 is 41.3 Å². The third-order valence-electron chi connectivity index (χ3n) is 4.34. The summed E-state index contributed by atoms with van der Waals surface area (Å²) < 4.78 is 55.9. The normalized spacial score (nSPS) is 15.7. The van der Waals surface area contributed by atoms with Crippen molar-refractivity contribution in [2.45, 2.75) is 6.17 Å². The van der Waals surface area contributed by atoms with E-state index in [4.69, 9.17) is 0 Å². The molecule has 1 amide bonds. The summed E-state index contributed by atoms with van der Waals surface area (Å²) in [4.78, 5) is 19.5. The molecule has 1 aromatic heterocycles. The van der Waals surface area contributed by atoms with Crippen molar-refractivity contribution < 1.29 is 22.4 Å². The third-order valence-corrected chi connectivity index (χ3v) is 4.87. The molecule has 1 unspecified atom stereocenters. The minimum Gasteiger partial charge on any atom is -0.351 e.